The molecule has 0 aliphatic rings. The molecule has 1 N–H and O–H groups in total. The molecule has 0 radical (unpaired) electrons. The van der Waals surface area contributed by atoms with Crippen LogP contribution in [-0.4, -0.2) is 24.9 Å². The van der Waals surface area contributed by atoms with Crippen molar-refractivity contribution in [1.82, 2.24) is 4.98 Å². The van der Waals surface area contributed by atoms with E-state index in [2.05, 4.69) is 10.3 Å². The van der Waals surface area contributed by atoms with Crippen molar-refractivity contribution < 1.29 is 9.53 Å². The molecule has 4 nitrogen and oxygen atoms in total. The molecule has 0 aliphatic carbocycles. The summed E-state index contributed by atoms with van der Waals surface area (Å²) in [5.41, 5.74) is 1.44. The van der Waals surface area contributed by atoms with Crippen LogP contribution in [0.15, 0.2) is 24.3 Å². The van der Waals surface area contributed by atoms with Gasteiger partial charge >= 0.3 is 0 Å². The molecule has 5 heteroatoms. The van der Waals surface area contributed by atoms with Crippen LogP contribution in [0.1, 0.15) is 17.4 Å². The first-order chi connectivity index (χ1) is 8.65. The molecule has 0 unspecified atom stereocenters. The molecule has 0 aliphatic heterocycles. The Morgan fingerprint density at radius 2 is 2.22 bits per heavy atom. The topological polar surface area (TPSA) is 51.2 Å². The van der Waals surface area contributed by atoms with Crippen LogP contribution in [0, 0.1) is 0 Å². The zero-order valence-electron chi connectivity index (χ0n) is 10.5. The van der Waals surface area contributed by atoms with E-state index in [1.165, 1.54) is 18.3 Å². The van der Waals surface area contributed by atoms with Gasteiger partial charge in [-0.3, -0.25) is 4.79 Å². The molecule has 1 heterocycles. The van der Waals surface area contributed by atoms with Gasteiger partial charge in [0.2, 0.25) is 0 Å². The largest absolute Gasteiger partial charge is 0.497 e. The van der Waals surface area contributed by atoms with Gasteiger partial charge < -0.3 is 10.1 Å². The zero-order chi connectivity index (χ0) is 13.1. The number of ketones is 1. The summed E-state index contributed by atoms with van der Waals surface area (Å²) >= 11 is 1.46. The molecule has 0 spiro atoms. The van der Waals surface area contributed by atoms with Crippen molar-refractivity contribution in [3.8, 4) is 16.2 Å². The van der Waals surface area contributed by atoms with Gasteiger partial charge in [0.05, 0.1) is 12.0 Å². The number of benzene rings is 1. The van der Waals surface area contributed by atoms with Crippen LogP contribution in [0.25, 0.3) is 10.4 Å². The number of hydrogen-bond acceptors (Lipinski definition) is 5. The van der Waals surface area contributed by atoms with Gasteiger partial charge in [-0.1, -0.05) is 23.5 Å². The summed E-state index contributed by atoms with van der Waals surface area (Å²) in [5.74, 6) is 0.729. The Kier molecular flexibility index (Phi) is 3.62. The quantitative estimate of drug-likeness (QED) is 0.860. The predicted octanol–water partition coefficient (Wildman–Crippen LogP) is 3.06. The lowest BCUT2D eigenvalue weighted by molar-refractivity contribution is 0.101. The number of aromatic nitrogens is 1. The lowest BCUT2D eigenvalue weighted by Gasteiger charge is -2.03. The highest BCUT2D eigenvalue weighted by molar-refractivity contribution is 7.19. The summed E-state index contributed by atoms with van der Waals surface area (Å²) in [5, 5.41) is 3.70. The Morgan fingerprint density at radius 3 is 2.83 bits per heavy atom. The lowest BCUT2D eigenvalue weighted by Crippen LogP contribution is -1.96. The summed E-state index contributed by atoms with van der Waals surface area (Å²) in [6, 6.07) is 7.62. The number of thiazole rings is 1. The molecule has 2 aromatic rings. The van der Waals surface area contributed by atoms with Gasteiger partial charge in [0.15, 0.2) is 10.9 Å². The smallest absolute Gasteiger partial charge is 0.183 e. The van der Waals surface area contributed by atoms with Gasteiger partial charge in [0.1, 0.15) is 11.4 Å². The molecule has 2 rings (SSSR count). The van der Waals surface area contributed by atoms with Crippen molar-refractivity contribution in [2.75, 3.05) is 19.5 Å². The fraction of sp³-hybridized carbons (Fsp3) is 0.231. The van der Waals surface area contributed by atoms with Gasteiger partial charge in [-0.05, 0) is 17.7 Å². The molecule has 0 amide bonds. The van der Waals surface area contributed by atoms with E-state index in [1.807, 2.05) is 24.3 Å². The number of methoxy groups -OCH3 is 1. The highest BCUT2D eigenvalue weighted by Crippen LogP contribution is 2.34. The number of carbonyl (C=O) groups is 1. The van der Waals surface area contributed by atoms with Crippen molar-refractivity contribution in [3.05, 3.63) is 30.0 Å². The highest BCUT2D eigenvalue weighted by atomic mass is 32.1. The van der Waals surface area contributed by atoms with E-state index in [1.54, 1.807) is 14.2 Å². The first-order valence-electron chi connectivity index (χ1n) is 5.49. The minimum atomic E-state index is -0.0365. The maximum atomic E-state index is 11.6. The van der Waals surface area contributed by atoms with Crippen molar-refractivity contribution >= 4 is 22.3 Å². The summed E-state index contributed by atoms with van der Waals surface area (Å²) < 4.78 is 5.19. The van der Waals surface area contributed by atoms with Gasteiger partial charge in [0, 0.05) is 14.0 Å². The molecule has 94 valence electrons. The normalized spacial score (nSPS) is 10.2. The molecule has 1 aromatic carbocycles. The van der Waals surface area contributed by atoms with Crippen LogP contribution in [-0.2, 0) is 0 Å². The van der Waals surface area contributed by atoms with Crippen molar-refractivity contribution in [2.24, 2.45) is 0 Å². The number of Topliss-reactive ketones (excluding diaryl/α,β-unsaturated/α-hetero) is 1. The fourth-order valence-electron chi connectivity index (χ4n) is 1.63. The maximum Gasteiger partial charge on any atom is 0.183 e. The van der Waals surface area contributed by atoms with Crippen molar-refractivity contribution in [3.63, 3.8) is 0 Å². The van der Waals surface area contributed by atoms with E-state index in [-0.39, 0.29) is 5.78 Å². The SMILES string of the molecule is CNc1nc(C(C)=O)c(-c2cccc(OC)c2)s1. The van der Waals surface area contributed by atoms with E-state index in [0.29, 0.717) is 5.69 Å². The van der Waals surface area contributed by atoms with Crippen LogP contribution >= 0.6 is 11.3 Å². The average molecular weight is 262 g/mol. The Morgan fingerprint density at radius 1 is 1.44 bits per heavy atom. The van der Waals surface area contributed by atoms with Gasteiger partial charge in [-0.15, -0.1) is 0 Å². The van der Waals surface area contributed by atoms with Crippen LogP contribution in [0.4, 0.5) is 5.13 Å². The third kappa shape index (κ3) is 2.36. The third-order valence-corrected chi connectivity index (χ3v) is 3.63. The van der Waals surface area contributed by atoms with Crippen LogP contribution < -0.4 is 10.1 Å². The number of nitrogens with one attached hydrogen (secondary N) is 1. The van der Waals surface area contributed by atoms with E-state index in [9.17, 15) is 4.79 Å². The van der Waals surface area contributed by atoms with Crippen molar-refractivity contribution in [2.45, 2.75) is 6.92 Å². The van der Waals surface area contributed by atoms with Gasteiger partial charge in [0.25, 0.3) is 0 Å². The Hall–Kier alpha value is -1.88. The summed E-state index contributed by atoms with van der Waals surface area (Å²) in [6.45, 7) is 1.53. The fourth-order valence-corrected chi connectivity index (χ4v) is 2.59. The minimum Gasteiger partial charge on any atom is -0.497 e. The van der Waals surface area contributed by atoms with Crippen LogP contribution in [0.3, 0.4) is 0 Å². The highest BCUT2D eigenvalue weighted by Gasteiger charge is 2.16. The summed E-state index contributed by atoms with van der Waals surface area (Å²) in [4.78, 5) is 16.8. The molecule has 0 atom stereocenters. The van der Waals surface area contributed by atoms with E-state index >= 15 is 0 Å². The van der Waals surface area contributed by atoms with E-state index < -0.39 is 0 Å². The number of ether oxygens (including phenoxy) is 1. The third-order valence-electron chi connectivity index (χ3n) is 2.51. The molecule has 18 heavy (non-hydrogen) atoms. The van der Waals surface area contributed by atoms with Gasteiger partial charge in [-0.2, -0.15) is 0 Å². The van der Waals surface area contributed by atoms with E-state index in [4.69, 9.17) is 4.74 Å². The number of carbonyl (C=O) groups excluding carboxylic acids is 1. The second-order valence-electron chi connectivity index (χ2n) is 3.73. The van der Waals surface area contributed by atoms with Crippen LogP contribution in [0.5, 0.6) is 5.75 Å². The Balaban J connectivity index is 2.54. The second-order valence-corrected chi connectivity index (χ2v) is 4.73. The molecular formula is C13H14N2O2S. The second kappa shape index (κ2) is 5.18. The number of hydrogen-bond donors (Lipinski definition) is 1. The molecule has 0 saturated heterocycles. The first-order valence-corrected chi connectivity index (χ1v) is 6.31. The molecule has 0 fully saturated rings. The van der Waals surface area contributed by atoms with Crippen molar-refractivity contribution in [1.29, 1.82) is 0 Å². The standard InChI is InChI=1S/C13H14N2O2S/c1-8(16)11-12(18-13(14-2)15-11)9-5-4-6-10(7-9)17-3/h4-7H,1-3H3,(H,14,15). The van der Waals surface area contributed by atoms with Gasteiger partial charge in [-0.25, -0.2) is 4.98 Å². The molecule has 0 saturated carbocycles. The number of rotatable bonds is 4. The zero-order valence-corrected chi connectivity index (χ0v) is 11.3. The van der Waals surface area contributed by atoms with Crippen LogP contribution in [0.2, 0.25) is 0 Å². The monoisotopic (exact) mass is 262 g/mol. The minimum absolute atomic E-state index is 0.0365. The van der Waals surface area contributed by atoms with E-state index in [0.717, 1.165) is 21.3 Å². The number of nitrogens with zero attached hydrogens (tertiary/aromatic N) is 1. The summed E-state index contributed by atoms with van der Waals surface area (Å²) in [7, 11) is 3.41. The molecule has 1 aromatic heterocycles. The molecular weight excluding hydrogens is 248 g/mol. The number of anilines is 1. The molecule has 0 bridgehead atoms. The average Bonchev–Trinajstić information content (AvgIpc) is 2.83. The predicted molar refractivity (Wildman–Crippen MR) is 73.7 cm³/mol. The Labute approximate surface area is 110 Å². The first kappa shape index (κ1) is 12.6. The Bertz CT molecular complexity index is 578. The maximum absolute atomic E-state index is 11.6. The summed E-state index contributed by atoms with van der Waals surface area (Å²) in [6.07, 6.45) is 0. The lowest BCUT2D eigenvalue weighted by atomic mass is 10.1.